The largest absolute Gasteiger partial charge is 0.394 e. The van der Waals surface area contributed by atoms with Gasteiger partial charge in [0.25, 0.3) is 0 Å². The van der Waals surface area contributed by atoms with Crippen LogP contribution in [0.1, 0.15) is 18.4 Å². The van der Waals surface area contributed by atoms with Gasteiger partial charge in [0.2, 0.25) is 0 Å². The molecule has 1 aliphatic heterocycles. The van der Waals surface area contributed by atoms with Gasteiger partial charge >= 0.3 is 0 Å². The summed E-state index contributed by atoms with van der Waals surface area (Å²) in [7, 11) is 1.90. The first-order valence-electron chi connectivity index (χ1n) is 6.28. The minimum absolute atomic E-state index is 0.149. The van der Waals surface area contributed by atoms with Gasteiger partial charge in [-0.05, 0) is 44.2 Å². The van der Waals surface area contributed by atoms with Crippen LogP contribution in [-0.4, -0.2) is 37.4 Å². The molecular formula is C14H19N3O. The van der Waals surface area contributed by atoms with Crippen molar-refractivity contribution >= 4 is 5.69 Å². The highest BCUT2D eigenvalue weighted by Gasteiger charge is 2.33. The average Bonchev–Trinajstić information content (AvgIpc) is 2.47. The molecule has 1 heterocycles. The maximum atomic E-state index is 9.56. The van der Waals surface area contributed by atoms with Crippen LogP contribution < -0.4 is 10.2 Å². The second kappa shape index (κ2) is 5.38. The molecule has 2 rings (SSSR count). The van der Waals surface area contributed by atoms with Crippen LogP contribution in [0.4, 0.5) is 5.69 Å². The molecule has 1 aliphatic rings. The van der Waals surface area contributed by atoms with Crippen LogP contribution >= 0.6 is 0 Å². The first-order valence-corrected chi connectivity index (χ1v) is 6.28. The van der Waals surface area contributed by atoms with Crippen molar-refractivity contribution in [3.05, 3.63) is 29.8 Å². The summed E-state index contributed by atoms with van der Waals surface area (Å²) >= 11 is 0. The minimum Gasteiger partial charge on any atom is -0.394 e. The summed E-state index contributed by atoms with van der Waals surface area (Å²) < 4.78 is 0. The smallest absolute Gasteiger partial charge is 0.0991 e. The summed E-state index contributed by atoms with van der Waals surface area (Å²) in [6.45, 7) is 1.94. The number of nitriles is 1. The van der Waals surface area contributed by atoms with E-state index in [-0.39, 0.29) is 12.1 Å². The quantitative estimate of drug-likeness (QED) is 0.837. The van der Waals surface area contributed by atoms with Crippen molar-refractivity contribution in [2.75, 3.05) is 31.6 Å². The fourth-order valence-corrected chi connectivity index (χ4v) is 2.51. The van der Waals surface area contributed by atoms with Crippen LogP contribution in [0.3, 0.4) is 0 Å². The molecule has 4 heteroatoms. The summed E-state index contributed by atoms with van der Waals surface area (Å²) in [6.07, 6.45) is 2.05. The molecule has 18 heavy (non-hydrogen) atoms. The van der Waals surface area contributed by atoms with E-state index >= 15 is 0 Å². The summed E-state index contributed by atoms with van der Waals surface area (Å²) in [5, 5.41) is 21.6. The van der Waals surface area contributed by atoms with E-state index in [9.17, 15) is 5.11 Å². The Morgan fingerprint density at radius 3 is 2.72 bits per heavy atom. The lowest BCUT2D eigenvalue weighted by atomic mass is 9.89. The molecule has 0 amide bonds. The zero-order valence-electron chi connectivity index (χ0n) is 10.7. The molecular weight excluding hydrogens is 226 g/mol. The van der Waals surface area contributed by atoms with E-state index < -0.39 is 0 Å². The number of nitrogens with one attached hydrogen (secondary N) is 1. The fraction of sp³-hybridized carbons (Fsp3) is 0.500. The van der Waals surface area contributed by atoms with Gasteiger partial charge in [-0.25, -0.2) is 0 Å². The minimum atomic E-state index is -0.202. The second-order valence-electron chi connectivity index (χ2n) is 4.87. The van der Waals surface area contributed by atoms with Gasteiger partial charge in [-0.2, -0.15) is 5.26 Å². The lowest BCUT2D eigenvalue weighted by Gasteiger charge is -2.42. The Bertz CT molecular complexity index is 431. The van der Waals surface area contributed by atoms with Crippen LogP contribution in [0.2, 0.25) is 0 Å². The molecule has 4 nitrogen and oxygen atoms in total. The Balaban J connectivity index is 2.15. The van der Waals surface area contributed by atoms with Gasteiger partial charge in [0.1, 0.15) is 0 Å². The highest BCUT2D eigenvalue weighted by atomic mass is 16.3. The fourth-order valence-electron chi connectivity index (χ4n) is 2.51. The Morgan fingerprint density at radius 1 is 1.44 bits per heavy atom. The number of rotatable bonds is 3. The maximum absolute atomic E-state index is 9.56. The van der Waals surface area contributed by atoms with E-state index in [1.807, 2.05) is 31.3 Å². The Hall–Kier alpha value is -1.57. The van der Waals surface area contributed by atoms with E-state index in [4.69, 9.17) is 5.26 Å². The summed E-state index contributed by atoms with van der Waals surface area (Å²) in [5.41, 5.74) is 1.59. The van der Waals surface area contributed by atoms with Crippen LogP contribution in [-0.2, 0) is 0 Å². The first kappa shape index (κ1) is 12.9. The monoisotopic (exact) mass is 245 g/mol. The molecule has 96 valence electrons. The normalized spacial score (nSPS) is 23.7. The maximum Gasteiger partial charge on any atom is 0.0991 e. The lowest BCUT2D eigenvalue weighted by Crippen LogP contribution is -2.58. The van der Waals surface area contributed by atoms with Gasteiger partial charge in [0.05, 0.1) is 23.8 Å². The van der Waals surface area contributed by atoms with Crippen LogP contribution in [0, 0.1) is 11.3 Å². The highest BCUT2D eigenvalue weighted by molar-refractivity contribution is 5.50. The molecule has 1 saturated heterocycles. The van der Waals surface area contributed by atoms with E-state index in [0.717, 1.165) is 31.6 Å². The Labute approximate surface area is 108 Å². The van der Waals surface area contributed by atoms with Gasteiger partial charge in [0.15, 0.2) is 0 Å². The third-order valence-electron chi connectivity index (χ3n) is 3.77. The van der Waals surface area contributed by atoms with E-state index in [1.165, 1.54) is 0 Å². The third kappa shape index (κ3) is 2.47. The van der Waals surface area contributed by atoms with Gasteiger partial charge < -0.3 is 15.3 Å². The molecule has 0 saturated carbocycles. The number of benzene rings is 1. The number of piperidine rings is 1. The summed E-state index contributed by atoms with van der Waals surface area (Å²) in [5.74, 6) is 0. The standard InChI is InChI=1S/C14H19N3O/c1-16-14(11-18)7-2-8-17(10-14)13-5-3-12(9-15)4-6-13/h3-6,16,18H,2,7-8,10-11H2,1H3. The molecule has 1 aromatic rings. The summed E-state index contributed by atoms with van der Waals surface area (Å²) in [6, 6.07) is 9.75. The van der Waals surface area contributed by atoms with Crippen molar-refractivity contribution in [3.63, 3.8) is 0 Å². The number of aliphatic hydroxyl groups excluding tert-OH is 1. The van der Waals surface area contributed by atoms with E-state index in [1.54, 1.807) is 0 Å². The van der Waals surface area contributed by atoms with Crippen molar-refractivity contribution in [2.24, 2.45) is 0 Å². The number of hydrogen-bond donors (Lipinski definition) is 2. The van der Waals surface area contributed by atoms with Gasteiger partial charge in [-0.15, -0.1) is 0 Å². The number of likely N-dealkylation sites (N-methyl/N-ethyl adjacent to an activating group) is 1. The van der Waals surface area contributed by atoms with Crippen LogP contribution in [0.25, 0.3) is 0 Å². The van der Waals surface area contributed by atoms with Crippen LogP contribution in [0.5, 0.6) is 0 Å². The van der Waals surface area contributed by atoms with E-state index in [0.29, 0.717) is 5.56 Å². The second-order valence-corrected chi connectivity index (χ2v) is 4.87. The zero-order chi connectivity index (χ0) is 13.0. The summed E-state index contributed by atoms with van der Waals surface area (Å²) in [4.78, 5) is 2.26. The predicted octanol–water partition coefficient (Wildman–Crippen LogP) is 1.11. The van der Waals surface area contributed by atoms with Crippen molar-refractivity contribution in [3.8, 4) is 6.07 Å². The SMILES string of the molecule is CNC1(CO)CCCN(c2ccc(C#N)cc2)C1. The first-order chi connectivity index (χ1) is 8.73. The topological polar surface area (TPSA) is 59.3 Å². The molecule has 1 fully saturated rings. The molecule has 0 bridgehead atoms. The highest BCUT2D eigenvalue weighted by Crippen LogP contribution is 2.25. The third-order valence-corrected chi connectivity index (χ3v) is 3.77. The Kier molecular flexibility index (Phi) is 3.85. The molecule has 0 aliphatic carbocycles. The predicted molar refractivity (Wildman–Crippen MR) is 71.5 cm³/mol. The van der Waals surface area contributed by atoms with Crippen LogP contribution in [0.15, 0.2) is 24.3 Å². The molecule has 1 unspecified atom stereocenters. The molecule has 0 aromatic heterocycles. The molecule has 2 N–H and O–H groups in total. The molecule has 0 spiro atoms. The Morgan fingerprint density at radius 2 is 2.17 bits per heavy atom. The van der Waals surface area contributed by atoms with E-state index in [2.05, 4.69) is 16.3 Å². The van der Waals surface area contributed by atoms with Crippen molar-refractivity contribution in [1.82, 2.24) is 5.32 Å². The molecule has 1 atom stereocenters. The van der Waals surface area contributed by atoms with Crippen molar-refractivity contribution in [1.29, 1.82) is 5.26 Å². The number of anilines is 1. The van der Waals surface area contributed by atoms with Crippen molar-refractivity contribution in [2.45, 2.75) is 18.4 Å². The number of hydrogen-bond acceptors (Lipinski definition) is 4. The lowest BCUT2D eigenvalue weighted by molar-refractivity contribution is 0.149. The number of nitrogens with zero attached hydrogens (tertiary/aromatic N) is 2. The number of aliphatic hydroxyl groups is 1. The van der Waals surface area contributed by atoms with Gasteiger partial charge in [-0.3, -0.25) is 0 Å². The van der Waals surface area contributed by atoms with Gasteiger partial charge in [-0.1, -0.05) is 0 Å². The zero-order valence-corrected chi connectivity index (χ0v) is 10.7. The average molecular weight is 245 g/mol. The molecule has 1 aromatic carbocycles. The van der Waals surface area contributed by atoms with Crippen molar-refractivity contribution < 1.29 is 5.11 Å². The van der Waals surface area contributed by atoms with Gasteiger partial charge in [0, 0.05) is 18.8 Å². The molecule has 0 radical (unpaired) electrons.